The number of halogens is 2. The number of nitrogens with two attached hydrogens (primary N) is 1. The Bertz CT molecular complexity index is 656. The molecule has 0 radical (unpaired) electrons. The van der Waals surface area contributed by atoms with Crippen LogP contribution < -0.4 is 15.8 Å². The van der Waals surface area contributed by atoms with Crippen LogP contribution in [-0.4, -0.2) is 12.5 Å². The van der Waals surface area contributed by atoms with Gasteiger partial charge in [0.05, 0.1) is 11.4 Å². The summed E-state index contributed by atoms with van der Waals surface area (Å²) >= 11 is 3.21. The second-order valence-electron chi connectivity index (χ2n) is 4.45. The zero-order chi connectivity index (χ0) is 15.4. The molecule has 0 bridgehead atoms. The van der Waals surface area contributed by atoms with Crippen LogP contribution in [-0.2, 0) is 4.79 Å². The predicted octanol–water partition coefficient (Wildman–Crippen LogP) is 3.50. The van der Waals surface area contributed by atoms with Crippen molar-refractivity contribution in [2.24, 2.45) is 0 Å². The van der Waals surface area contributed by atoms with Crippen molar-refractivity contribution >= 4 is 33.2 Å². The average molecular weight is 353 g/mol. The number of rotatable bonds is 4. The zero-order valence-corrected chi connectivity index (χ0v) is 12.9. The molecule has 4 nitrogen and oxygen atoms in total. The highest BCUT2D eigenvalue weighted by Crippen LogP contribution is 2.24. The van der Waals surface area contributed by atoms with Crippen molar-refractivity contribution in [3.8, 4) is 5.75 Å². The molecule has 0 aliphatic heterocycles. The van der Waals surface area contributed by atoms with Crippen molar-refractivity contribution in [2.45, 2.75) is 6.92 Å². The first kappa shape index (κ1) is 15.3. The van der Waals surface area contributed by atoms with Crippen molar-refractivity contribution < 1.29 is 13.9 Å². The lowest BCUT2D eigenvalue weighted by Gasteiger charge is -2.12. The molecule has 2 rings (SSSR count). The molecule has 0 aliphatic carbocycles. The number of nitrogen functional groups attached to an aromatic ring is 1. The molecule has 6 heteroatoms. The second kappa shape index (κ2) is 6.58. The van der Waals surface area contributed by atoms with Gasteiger partial charge in [0.1, 0.15) is 0 Å². The molecule has 0 aliphatic rings. The minimum atomic E-state index is -0.526. The fourth-order valence-electron chi connectivity index (χ4n) is 1.77. The van der Waals surface area contributed by atoms with Crippen molar-refractivity contribution in [3.63, 3.8) is 0 Å². The van der Waals surface area contributed by atoms with Gasteiger partial charge in [0.2, 0.25) is 0 Å². The number of carbonyl (C=O) groups excluding carboxylic acids is 1. The third kappa shape index (κ3) is 3.95. The standard InChI is InChI=1S/C15H14BrFN2O2/c1-9-3-2-4-12(18)15(9)19-14(20)8-21-13-7-10(16)5-6-11(13)17/h2-7H,8,18H2,1H3,(H,19,20). The van der Waals surface area contributed by atoms with E-state index in [-0.39, 0.29) is 12.4 Å². The van der Waals surface area contributed by atoms with Gasteiger partial charge >= 0.3 is 0 Å². The highest BCUT2D eigenvalue weighted by Gasteiger charge is 2.10. The van der Waals surface area contributed by atoms with E-state index >= 15 is 0 Å². The lowest BCUT2D eigenvalue weighted by atomic mass is 10.1. The molecule has 0 heterocycles. The van der Waals surface area contributed by atoms with E-state index in [0.717, 1.165) is 5.56 Å². The number of benzene rings is 2. The van der Waals surface area contributed by atoms with Gasteiger partial charge in [-0.3, -0.25) is 4.79 Å². The minimum absolute atomic E-state index is 0.0114. The lowest BCUT2D eigenvalue weighted by molar-refractivity contribution is -0.118. The van der Waals surface area contributed by atoms with Crippen molar-refractivity contribution in [3.05, 3.63) is 52.3 Å². The van der Waals surface area contributed by atoms with Crippen LogP contribution in [0.1, 0.15) is 5.56 Å². The summed E-state index contributed by atoms with van der Waals surface area (Å²) in [5, 5.41) is 2.66. The SMILES string of the molecule is Cc1cccc(N)c1NC(=O)COc1cc(Br)ccc1F. The normalized spacial score (nSPS) is 10.2. The topological polar surface area (TPSA) is 64.3 Å². The van der Waals surface area contributed by atoms with E-state index in [2.05, 4.69) is 21.2 Å². The number of hydrogen-bond acceptors (Lipinski definition) is 3. The first-order chi connectivity index (χ1) is 9.97. The molecular formula is C15H14BrFN2O2. The van der Waals surface area contributed by atoms with Crippen LogP contribution in [0.4, 0.5) is 15.8 Å². The molecule has 3 N–H and O–H groups in total. The minimum Gasteiger partial charge on any atom is -0.481 e. The zero-order valence-electron chi connectivity index (χ0n) is 11.3. The number of ether oxygens (including phenoxy) is 1. The largest absolute Gasteiger partial charge is 0.481 e. The molecule has 0 fully saturated rings. The van der Waals surface area contributed by atoms with E-state index in [1.807, 2.05) is 13.0 Å². The Kier molecular flexibility index (Phi) is 4.80. The Morgan fingerprint density at radius 3 is 2.86 bits per heavy atom. The molecule has 110 valence electrons. The Morgan fingerprint density at radius 1 is 1.38 bits per heavy atom. The lowest BCUT2D eigenvalue weighted by Crippen LogP contribution is -2.21. The maximum Gasteiger partial charge on any atom is 0.262 e. The van der Waals surface area contributed by atoms with E-state index in [1.54, 1.807) is 18.2 Å². The molecular weight excluding hydrogens is 339 g/mol. The molecule has 0 spiro atoms. The summed E-state index contributed by atoms with van der Waals surface area (Å²) in [6, 6.07) is 9.60. The van der Waals surface area contributed by atoms with Gasteiger partial charge in [-0.25, -0.2) is 4.39 Å². The molecule has 0 saturated carbocycles. The van der Waals surface area contributed by atoms with Gasteiger partial charge in [-0.2, -0.15) is 0 Å². The van der Waals surface area contributed by atoms with Gasteiger partial charge in [0, 0.05) is 4.47 Å². The molecule has 0 unspecified atom stereocenters. The maximum atomic E-state index is 13.5. The summed E-state index contributed by atoms with van der Waals surface area (Å²) < 4.78 is 19.3. The summed E-state index contributed by atoms with van der Waals surface area (Å²) in [5.74, 6) is -0.922. The third-order valence-electron chi connectivity index (χ3n) is 2.82. The van der Waals surface area contributed by atoms with Crippen LogP contribution in [0.15, 0.2) is 40.9 Å². The quantitative estimate of drug-likeness (QED) is 0.827. The number of aryl methyl sites for hydroxylation is 1. The Balaban J connectivity index is 2.01. The number of para-hydroxylation sites is 1. The molecule has 0 atom stereocenters. The first-order valence-corrected chi connectivity index (χ1v) is 6.99. The van der Waals surface area contributed by atoms with E-state index in [4.69, 9.17) is 10.5 Å². The van der Waals surface area contributed by atoms with E-state index in [0.29, 0.717) is 15.8 Å². The molecule has 0 aromatic heterocycles. The van der Waals surface area contributed by atoms with E-state index < -0.39 is 11.7 Å². The van der Waals surface area contributed by atoms with Crippen LogP contribution in [0.5, 0.6) is 5.75 Å². The van der Waals surface area contributed by atoms with Gasteiger partial charge in [0.25, 0.3) is 5.91 Å². The number of nitrogens with one attached hydrogen (secondary N) is 1. The average Bonchev–Trinajstić information content (AvgIpc) is 2.44. The Morgan fingerprint density at radius 2 is 2.14 bits per heavy atom. The summed E-state index contributed by atoms with van der Waals surface area (Å²) in [4.78, 5) is 11.9. The van der Waals surface area contributed by atoms with Crippen molar-refractivity contribution in [2.75, 3.05) is 17.7 Å². The molecule has 2 aromatic rings. The predicted molar refractivity (Wildman–Crippen MR) is 83.8 cm³/mol. The first-order valence-electron chi connectivity index (χ1n) is 6.20. The van der Waals surface area contributed by atoms with Crippen LogP contribution in [0.3, 0.4) is 0 Å². The number of carbonyl (C=O) groups is 1. The smallest absolute Gasteiger partial charge is 0.262 e. The summed E-state index contributed by atoms with van der Waals surface area (Å²) in [6.45, 7) is 1.53. The van der Waals surface area contributed by atoms with Gasteiger partial charge in [-0.15, -0.1) is 0 Å². The summed E-state index contributed by atoms with van der Waals surface area (Å²) in [7, 11) is 0. The number of anilines is 2. The number of hydrogen-bond donors (Lipinski definition) is 2. The molecule has 1 amide bonds. The highest BCUT2D eigenvalue weighted by molar-refractivity contribution is 9.10. The Labute approximate surface area is 130 Å². The van der Waals surface area contributed by atoms with Crippen molar-refractivity contribution in [1.82, 2.24) is 0 Å². The second-order valence-corrected chi connectivity index (χ2v) is 5.37. The van der Waals surface area contributed by atoms with Crippen molar-refractivity contribution in [1.29, 1.82) is 0 Å². The fraction of sp³-hybridized carbons (Fsp3) is 0.133. The monoisotopic (exact) mass is 352 g/mol. The van der Waals surface area contributed by atoms with Gasteiger partial charge in [0.15, 0.2) is 18.2 Å². The Hall–Kier alpha value is -2.08. The van der Waals surface area contributed by atoms with E-state index in [1.165, 1.54) is 12.1 Å². The van der Waals surface area contributed by atoms with Crippen LogP contribution in [0.2, 0.25) is 0 Å². The summed E-state index contributed by atoms with van der Waals surface area (Å²) in [6.07, 6.45) is 0. The third-order valence-corrected chi connectivity index (χ3v) is 3.31. The van der Waals surface area contributed by atoms with Crippen LogP contribution >= 0.6 is 15.9 Å². The highest BCUT2D eigenvalue weighted by atomic mass is 79.9. The molecule has 0 saturated heterocycles. The van der Waals surface area contributed by atoms with Gasteiger partial charge < -0.3 is 15.8 Å². The van der Waals surface area contributed by atoms with Gasteiger partial charge in [-0.05, 0) is 36.8 Å². The molecule has 2 aromatic carbocycles. The maximum absolute atomic E-state index is 13.5. The number of amides is 1. The van der Waals surface area contributed by atoms with Crippen LogP contribution in [0, 0.1) is 12.7 Å². The van der Waals surface area contributed by atoms with E-state index in [9.17, 15) is 9.18 Å². The summed E-state index contributed by atoms with van der Waals surface area (Å²) in [5.41, 5.74) is 7.66. The fourth-order valence-corrected chi connectivity index (χ4v) is 2.11. The molecule has 21 heavy (non-hydrogen) atoms. The van der Waals surface area contributed by atoms with Gasteiger partial charge in [-0.1, -0.05) is 28.1 Å². The van der Waals surface area contributed by atoms with Crippen LogP contribution in [0.25, 0.3) is 0 Å².